The van der Waals surface area contributed by atoms with E-state index in [-0.39, 0.29) is 0 Å². The zero-order chi connectivity index (χ0) is 33.7. The second-order valence-electron chi connectivity index (χ2n) is 12.5. The molecule has 0 fully saturated rings. The van der Waals surface area contributed by atoms with Crippen molar-refractivity contribution in [3.8, 4) is 56.5 Å². The van der Waals surface area contributed by atoms with Gasteiger partial charge in [-0.05, 0) is 51.4 Å². The molecule has 10 rings (SSSR count). The first-order chi connectivity index (χ1) is 25.2. The lowest BCUT2D eigenvalue weighted by Gasteiger charge is -2.09. The summed E-state index contributed by atoms with van der Waals surface area (Å²) in [4.78, 5) is 30.0. The van der Waals surface area contributed by atoms with Crippen molar-refractivity contribution in [2.45, 2.75) is 0 Å². The molecule has 238 valence electrons. The Bertz CT molecular complexity index is 2850. The highest BCUT2D eigenvalue weighted by Gasteiger charge is 2.17. The van der Waals surface area contributed by atoms with E-state index >= 15 is 0 Å². The van der Waals surface area contributed by atoms with Crippen LogP contribution in [0.2, 0.25) is 0 Å². The molecule has 0 unspecified atom stereocenters. The number of fused-ring (bicyclic) bond motifs is 5. The van der Waals surface area contributed by atoms with E-state index in [0.29, 0.717) is 17.5 Å². The summed E-state index contributed by atoms with van der Waals surface area (Å²) in [6, 6.07) is 50.1. The molecular weight excluding hydrogens is 645 g/mol. The maximum absolute atomic E-state index is 4.91. The Hall–Kier alpha value is -6.70. The Labute approximate surface area is 296 Å². The molecule has 0 aliphatic heterocycles. The monoisotopic (exact) mass is 670 g/mol. The molecule has 0 saturated heterocycles. The molecule has 0 aliphatic carbocycles. The third-order valence-electron chi connectivity index (χ3n) is 9.26. The Kier molecular flexibility index (Phi) is 6.89. The minimum Gasteiger partial charge on any atom is -0.245 e. The molecule has 4 heterocycles. The molecule has 0 aliphatic rings. The Balaban J connectivity index is 1.02. The number of hydrogen-bond acceptors (Lipinski definition) is 7. The SMILES string of the molecule is c1ccc(-c2nc(-c3ccccc3)nc(-c3ccc(-c4ncnc5c4sc4ncc(-c6ccc7cc8ccccc8cc7c6)cc45)cc3)n2)cc1. The first-order valence-corrected chi connectivity index (χ1v) is 17.5. The van der Waals surface area contributed by atoms with Crippen molar-refractivity contribution < 1.29 is 0 Å². The fourth-order valence-corrected chi connectivity index (χ4v) is 7.75. The molecule has 6 nitrogen and oxygen atoms in total. The van der Waals surface area contributed by atoms with Crippen LogP contribution in [-0.2, 0) is 0 Å². The molecule has 0 saturated carbocycles. The standard InChI is InChI=1S/C44H26N6S/c1-3-9-28(10-4-1)41-48-42(29-11-5-2-6-12-29)50-43(49-41)30-17-15-27(16-18-30)38-40-39(47-26-46-38)37-24-36(25-45-44(37)51-40)34-20-19-33-21-31-13-7-8-14-32(31)22-35(33)23-34/h1-26H. The maximum atomic E-state index is 4.91. The zero-order valence-electron chi connectivity index (χ0n) is 27.1. The number of aromatic nitrogens is 6. The number of pyridine rings is 1. The molecular formula is C44H26N6S. The summed E-state index contributed by atoms with van der Waals surface area (Å²) in [5.41, 5.74) is 7.72. The lowest BCUT2D eigenvalue weighted by atomic mass is 9.99. The zero-order valence-corrected chi connectivity index (χ0v) is 27.9. The second kappa shape index (κ2) is 12.0. The Morgan fingerprint density at radius 2 is 0.941 bits per heavy atom. The van der Waals surface area contributed by atoms with Crippen LogP contribution in [-0.4, -0.2) is 29.9 Å². The summed E-state index contributed by atoms with van der Waals surface area (Å²) in [6.45, 7) is 0. The topological polar surface area (TPSA) is 77.3 Å². The van der Waals surface area contributed by atoms with Gasteiger partial charge in [0.25, 0.3) is 0 Å². The van der Waals surface area contributed by atoms with Crippen LogP contribution >= 0.6 is 11.3 Å². The van der Waals surface area contributed by atoms with E-state index in [0.717, 1.165) is 59.5 Å². The third kappa shape index (κ3) is 5.28. The summed E-state index contributed by atoms with van der Waals surface area (Å²) in [5, 5.41) is 5.94. The van der Waals surface area contributed by atoms with Crippen LogP contribution in [0.3, 0.4) is 0 Å². The predicted molar refractivity (Wildman–Crippen MR) is 208 cm³/mol. The van der Waals surface area contributed by atoms with E-state index in [2.05, 4.69) is 84.9 Å². The van der Waals surface area contributed by atoms with Crippen molar-refractivity contribution in [1.82, 2.24) is 29.9 Å². The van der Waals surface area contributed by atoms with Gasteiger partial charge in [-0.25, -0.2) is 29.9 Å². The number of thiophene rings is 1. The Morgan fingerprint density at radius 1 is 0.392 bits per heavy atom. The van der Waals surface area contributed by atoms with E-state index in [1.54, 1.807) is 17.7 Å². The van der Waals surface area contributed by atoms with Crippen molar-refractivity contribution in [3.63, 3.8) is 0 Å². The molecule has 0 atom stereocenters. The highest BCUT2D eigenvalue weighted by Crippen LogP contribution is 2.39. The average Bonchev–Trinajstić information content (AvgIpc) is 3.59. The van der Waals surface area contributed by atoms with Gasteiger partial charge in [0, 0.05) is 39.4 Å². The van der Waals surface area contributed by atoms with Crippen molar-refractivity contribution >= 4 is 53.3 Å². The van der Waals surface area contributed by atoms with Crippen molar-refractivity contribution in [2.24, 2.45) is 0 Å². The van der Waals surface area contributed by atoms with Crippen LogP contribution in [0.1, 0.15) is 0 Å². The van der Waals surface area contributed by atoms with Crippen LogP contribution in [0.15, 0.2) is 158 Å². The van der Waals surface area contributed by atoms with Gasteiger partial charge in [-0.1, -0.05) is 121 Å². The predicted octanol–water partition coefficient (Wildman–Crippen LogP) is 11.1. The number of benzene rings is 6. The second-order valence-corrected chi connectivity index (χ2v) is 13.5. The van der Waals surface area contributed by atoms with Gasteiger partial charge in [-0.15, -0.1) is 11.3 Å². The summed E-state index contributed by atoms with van der Waals surface area (Å²) in [6.07, 6.45) is 3.61. The third-order valence-corrected chi connectivity index (χ3v) is 10.4. The van der Waals surface area contributed by atoms with Crippen LogP contribution in [0, 0.1) is 0 Å². The summed E-state index contributed by atoms with van der Waals surface area (Å²) in [7, 11) is 0. The fraction of sp³-hybridized carbons (Fsp3) is 0. The van der Waals surface area contributed by atoms with Crippen molar-refractivity contribution in [2.75, 3.05) is 0 Å². The fourth-order valence-electron chi connectivity index (χ4n) is 6.66. The quantitative estimate of drug-likeness (QED) is 0.170. The molecule has 0 bridgehead atoms. The summed E-state index contributed by atoms with van der Waals surface area (Å²) >= 11 is 1.62. The molecule has 0 radical (unpaired) electrons. The van der Waals surface area contributed by atoms with Gasteiger partial charge in [0.2, 0.25) is 0 Å². The first kappa shape index (κ1) is 29.2. The molecule has 6 aromatic carbocycles. The Morgan fingerprint density at radius 3 is 1.61 bits per heavy atom. The normalized spacial score (nSPS) is 11.5. The lowest BCUT2D eigenvalue weighted by molar-refractivity contribution is 1.07. The van der Waals surface area contributed by atoms with Crippen LogP contribution in [0.5, 0.6) is 0 Å². The number of rotatable bonds is 5. The molecule has 0 spiro atoms. The van der Waals surface area contributed by atoms with Gasteiger partial charge < -0.3 is 0 Å². The maximum Gasteiger partial charge on any atom is 0.164 e. The summed E-state index contributed by atoms with van der Waals surface area (Å²) < 4.78 is 1.01. The van der Waals surface area contributed by atoms with E-state index in [9.17, 15) is 0 Å². The molecule has 10 aromatic rings. The lowest BCUT2D eigenvalue weighted by Crippen LogP contribution is -2.00. The van der Waals surface area contributed by atoms with Gasteiger partial charge >= 0.3 is 0 Å². The first-order valence-electron chi connectivity index (χ1n) is 16.7. The summed E-state index contributed by atoms with van der Waals surface area (Å²) in [5.74, 6) is 1.88. The van der Waals surface area contributed by atoms with Gasteiger partial charge in [0.15, 0.2) is 17.5 Å². The van der Waals surface area contributed by atoms with Crippen LogP contribution in [0.4, 0.5) is 0 Å². The molecule has 51 heavy (non-hydrogen) atoms. The minimum absolute atomic E-state index is 0.613. The highest BCUT2D eigenvalue weighted by molar-refractivity contribution is 7.25. The molecule has 0 amide bonds. The highest BCUT2D eigenvalue weighted by atomic mass is 32.1. The molecule has 7 heteroatoms. The van der Waals surface area contributed by atoms with Gasteiger partial charge in [0.1, 0.15) is 11.2 Å². The van der Waals surface area contributed by atoms with E-state index in [4.69, 9.17) is 29.9 Å². The van der Waals surface area contributed by atoms with Crippen molar-refractivity contribution in [3.05, 3.63) is 158 Å². The number of nitrogens with zero attached hydrogens (tertiary/aromatic N) is 6. The average molecular weight is 671 g/mol. The van der Waals surface area contributed by atoms with Crippen molar-refractivity contribution in [1.29, 1.82) is 0 Å². The largest absolute Gasteiger partial charge is 0.245 e. The molecule has 0 N–H and O–H groups in total. The van der Waals surface area contributed by atoms with E-state index < -0.39 is 0 Å². The molecule has 4 aromatic heterocycles. The van der Waals surface area contributed by atoms with E-state index in [1.807, 2.05) is 66.9 Å². The smallest absolute Gasteiger partial charge is 0.164 e. The van der Waals surface area contributed by atoms with Gasteiger partial charge in [-0.3, -0.25) is 0 Å². The van der Waals surface area contributed by atoms with Crippen LogP contribution < -0.4 is 0 Å². The van der Waals surface area contributed by atoms with E-state index in [1.165, 1.54) is 21.5 Å². The minimum atomic E-state index is 0.613. The number of hydrogen-bond donors (Lipinski definition) is 0. The van der Waals surface area contributed by atoms with Gasteiger partial charge in [-0.2, -0.15) is 0 Å². The van der Waals surface area contributed by atoms with Gasteiger partial charge in [0.05, 0.1) is 15.9 Å². The van der Waals surface area contributed by atoms with Crippen LogP contribution in [0.25, 0.3) is 98.5 Å².